The van der Waals surface area contributed by atoms with Crippen LogP contribution in [0.25, 0.3) is 22.4 Å². The Morgan fingerprint density at radius 2 is 1.68 bits per heavy atom. The van der Waals surface area contributed by atoms with Crippen molar-refractivity contribution in [3.8, 4) is 22.4 Å². The summed E-state index contributed by atoms with van der Waals surface area (Å²) >= 11 is 0. The van der Waals surface area contributed by atoms with Crippen LogP contribution in [0, 0.1) is 0 Å². The number of ether oxygens (including phenoxy) is 1. The minimum atomic E-state index is -0.370. The van der Waals surface area contributed by atoms with Crippen LogP contribution in [-0.4, -0.2) is 34.9 Å². The number of pyridine rings is 1. The Kier molecular flexibility index (Phi) is 7.55. The van der Waals surface area contributed by atoms with Crippen molar-refractivity contribution >= 4 is 11.9 Å². The molecule has 0 aliphatic heterocycles. The van der Waals surface area contributed by atoms with Gasteiger partial charge < -0.3 is 9.64 Å². The van der Waals surface area contributed by atoms with Gasteiger partial charge in [0, 0.05) is 37.3 Å². The van der Waals surface area contributed by atoms with Crippen LogP contribution in [0.5, 0.6) is 0 Å². The average Bonchev–Trinajstić information content (AvgIpc) is 2.79. The molecule has 0 N–H and O–H groups in total. The zero-order valence-corrected chi connectivity index (χ0v) is 18.3. The van der Waals surface area contributed by atoms with Crippen molar-refractivity contribution in [3.05, 3.63) is 78.0 Å². The molecule has 0 spiro atoms. The molecular weight excluding hydrogens is 388 g/mol. The van der Waals surface area contributed by atoms with E-state index in [0.717, 1.165) is 23.1 Å². The van der Waals surface area contributed by atoms with Crippen LogP contribution in [0.1, 0.15) is 43.1 Å². The molecule has 0 bridgehead atoms. The van der Waals surface area contributed by atoms with Gasteiger partial charge in [-0.2, -0.15) is 0 Å². The van der Waals surface area contributed by atoms with Crippen LogP contribution in [0.3, 0.4) is 0 Å². The third-order valence-electron chi connectivity index (χ3n) is 5.07. The number of hydrogen-bond donors (Lipinski definition) is 0. The first-order valence-corrected chi connectivity index (χ1v) is 10.6. The Hall–Kier alpha value is -3.47. The molecule has 0 radical (unpaired) electrons. The lowest BCUT2D eigenvalue weighted by atomic mass is 9.97. The molecule has 0 saturated carbocycles. The highest BCUT2D eigenvalue weighted by atomic mass is 16.5. The quantitative estimate of drug-likeness (QED) is 0.465. The Morgan fingerprint density at radius 1 is 0.968 bits per heavy atom. The van der Waals surface area contributed by atoms with Gasteiger partial charge in [0.2, 0.25) is 5.91 Å². The maximum Gasteiger partial charge on any atom is 0.338 e. The van der Waals surface area contributed by atoms with Gasteiger partial charge in [0.15, 0.2) is 0 Å². The van der Waals surface area contributed by atoms with Gasteiger partial charge in [0.1, 0.15) is 0 Å². The smallest absolute Gasteiger partial charge is 0.338 e. The highest BCUT2D eigenvalue weighted by Gasteiger charge is 2.18. The molecule has 160 valence electrons. The number of esters is 1. The van der Waals surface area contributed by atoms with Gasteiger partial charge in [-0.15, -0.1) is 0 Å². The third-order valence-corrected chi connectivity index (χ3v) is 5.07. The van der Waals surface area contributed by atoms with Crippen LogP contribution < -0.4 is 0 Å². The van der Waals surface area contributed by atoms with Crippen molar-refractivity contribution in [2.45, 2.75) is 33.7 Å². The molecule has 5 heteroatoms. The first-order chi connectivity index (χ1) is 15.0. The van der Waals surface area contributed by atoms with Crippen molar-refractivity contribution < 1.29 is 14.3 Å². The first-order valence-electron chi connectivity index (χ1n) is 10.6. The Morgan fingerprint density at radius 3 is 2.35 bits per heavy atom. The molecule has 31 heavy (non-hydrogen) atoms. The summed E-state index contributed by atoms with van der Waals surface area (Å²) in [5.41, 5.74) is 4.87. The number of carbonyl (C=O) groups is 2. The second-order valence-electron chi connectivity index (χ2n) is 7.30. The van der Waals surface area contributed by atoms with E-state index in [9.17, 15) is 9.59 Å². The first kappa shape index (κ1) is 22.2. The normalized spacial score (nSPS) is 10.5. The summed E-state index contributed by atoms with van der Waals surface area (Å²) in [7, 11) is 0. The third kappa shape index (κ3) is 5.37. The van der Waals surface area contributed by atoms with Gasteiger partial charge in [-0.1, -0.05) is 55.5 Å². The van der Waals surface area contributed by atoms with Crippen molar-refractivity contribution in [1.29, 1.82) is 0 Å². The number of nitrogens with zero attached hydrogens (tertiary/aromatic N) is 2. The molecule has 3 aromatic rings. The summed E-state index contributed by atoms with van der Waals surface area (Å²) in [4.78, 5) is 31.2. The van der Waals surface area contributed by atoms with Crippen LogP contribution in [0.2, 0.25) is 0 Å². The largest absolute Gasteiger partial charge is 0.462 e. The summed E-state index contributed by atoms with van der Waals surface area (Å²) in [5, 5.41) is 0. The zero-order chi connectivity index (χ0) is 22.2. The molecule has 0 saturated heterocycles. The van der Waals surface area contributed by atoms with E-state index in [0.29, 0.717) is 36.5 Å². The highest BCUT2D eigenvalue weighted by Crippen LogP contribution is 2.30. The summed E-state index contributed by atoms with van der Waals surface area (Å²) in [6.45, 7) is 6.90. The van der Waals surface area contributed by atoms with E-state index in [1.54, 1.807) is 19.9 Å². The van der Waals surface area contributed by atoms with Gasteiger partial charge >= 0.3 is 5.97 Å². The summed E-state index contributed by atoms with van der Waals surface area (Å²) in [6, 6.07) is 19.3. The maximum absolute atomic E-state index is 12.5. The Balaban J connectivity index is 2.11. The van der Waals surface area contributed by atoms with Crippen LogP contribution in [0.4, 0.5) is 0 Å². The Bertz CT molecular complexity index is 1050. The predicted molar refractivity (Wildman–Crippen MR) is 122 cm³/mol. The second-order valence-corrected chi connectivity index (χ2v) is 7.30. The SMILES string of the molecule is CCCN(Cc1cc(-c2ccccc2C(=O)OCC)ncc1-c1ccccc1)C(C)=O. The van der Waals surface area contributed by atoms with Crippen LogP contribution in [0.15, 0.2) is 66.9 Å². The minimum absolute atomic E-state index is 0.0335. The van der Waals surface area contributed by atoms with E-state index < -0.39 is 0 Å². The molecule has 1 heterocycles. The molecular formula is C26H28N2O3. The number of amides is 1. The number of benzene rings is 2. The van der Waals surface area contributed by atoms with E-state index in [1.165, 1.54) is 0 Å². The molecule has 0 unspecified atom stereocenters. The lowest BCUT2D eigenvalue weighted by Crippen LogP contribution is -2.29. The molecule has 0 fully saturated rings. The molecule has 0 aliphatic carbocycles. The molecule has 0 atom stereocenters. The molecule has 5 nitrogen and oxygen atoms in total. The van der Waals surface area contributed by atoms with Crippen molar-refractivity contribution in [2.24, 2.45) is 0 Å². The fraction of sp³-hybridized carbons (Fsp3) is 0.269. The fourth-order valence-electron chi connectivity index (χ4n) is 3.57. The monoisotopic (exact) mass is 416 g/mol. The van der Waals surface area contributed by atoms with E-state index >= 15 is 0 Å². The number of carbonyl (C=O) groups excluding carboxylic acids is 2. The summed E-state index contributed by atoms with van der Waals surface area (Å²) in [5.74, 6) is -0.337. The van der Waals surface area contributed by atoms with Crippen LogP contribution in [-0.2, 0) is 16.1 Å². The second kappa shape index (κ2) is 10.5. The summed E-state index contributed by atoms with van der Waals surface area (Å²) < 4.78 is 5.22. The molecule has 2 aromatic carbocycles. The van der Waals surface area contributed by atoms with Gasteiger partial charge in [-0.25, -0.2) is 4.79 Å². The van der Waals surface area contributed by atoms with E-state index in [1.807, 2.05) is 65.7 Å². The van der Waals surface area contributed by atoms with Crippen LogP contribution >= 0.6 is 0 Å². The summed E-state index contributed by atoms with van der Waals surface area (Å²) in [6.07, 6.45) is 2.70. The van der Waals surface area contributed by atoms with Crippen molar-refractivity contribution in [3.63, 3.8) is 0 Å². The average molecular weight is 417 g/mol. The van der Waals surface area contributed by atoms with Gasteiger partial charge in [0.25, 0.3) is 0 Å². The van der Waals surface area contributed by atoms with E-state index in [2.05, 4.69) is 11.9 Å². The molecule has 1 aromatic heterocycles. The molecule has 1 amide bonds. The molecule has 3 rings (SSSR count). The lowest BCUT2D eigenvalue weighted by molar-refractivity contribution is -0.129. The topological polar surface area (TPSA) is 59.5 Å². The minimum Gasteiger partial charge on any atom is -0.462 e. The van der Waals surface area contributed by atoms with Gasteiger partial charge in [0.05, 0.1) is 17.9 Å². The predicted octanol–water partition coefficient (Wildman–Crippen LogP) is 5.35. The highest BCUT2D eigenvalue weighted by molar-refractivity contribution is 5.97. The van der Waals surface area contributed by atoms with E-state index in [4.69, 9.17) is 4.74 Å². The zero-order valence-electron chi connectivity index (χ0n) is 18.3. The number of rotatable bonds is 8. The lowest BCUT2D eigenvalue weighted by Gasteiger charge is -2.22. The number of hydrogen-bond acceptors (Lipinski definition) is 4. The standard InChI is InChI=1S/C26H28N2O3/c1-4-15-28(19(3)29)18-21-16-25(27-17-24(21)20-11-7-6-8-12-20)22-13-9-10-14-23(22)26(30)31-5-2/h6-14,16-17H,4-5,15,18H2,1-3H3. The van der Waals surface area contributed by atoms with E-state index in [-0.39, 0.29) is 11.9 Å². The number of aromatic nitrogens is 1. The van der Waals surface area contributed by atoms with Crippen molar-refractivity contribution in [1.82, 2.24) is 9.88 Å². The fourth-order valence-corrected chi connectivity index (χ4v) is 3.57. The Labute approximate surface area is 183 Å². The van der Waals surface area contributed by atoms with Gasteiger partial charge in [-0.3, -0.25) is 9.78 Å². The maximum atomic E-state index is 12.5. The van der Waals surface area contributed by atoms with Gasteiger partial charge in [-0.05, 0) is 36.6 Å². The molecule has 0 aliphatic rings. The van der Waals surface area contributed by atoms with Crippen molar-refractivity contribution in [2.75, 3.05) is 13.2 Å².